The minimum absolute atomic E-state index is 0.163. The Morgan fingerprint density at radius 3 is 2.35 bits per heavy atom. The zero-order valence-corrected chi connectivity index (χ0v) is 27.9. The minimum atomic E-state index is -4.11. The van der Waals surface area contributed by atoms with Crippen LogP contribution in [-0.4, -0.2) is 55.0 Å². The Bertz CT molecular complexity index is 2030. The molecule has 1 atom stereocenters. The number of methoxy groups -OCH3 is 1. The standard InChI is InChI=1S/C19H21N3O5.C12H11ClN2O5S/c1-9(2)26-19(24)15-11(4)20-10(3)14(18(23)25-5)16(15)12-7-6-8-13-17(12)22-27-21-13;13-9-5-10(15-6-7-2-1-3-20-7)8(12(16)17)4-11(9)21(14,18)19/h6-9,16,20H,1-5H3;1-5,15H,6H2,(H,16,17)(H2,14,18,19). The van der Waals surface area contributed by atoms with Gasteiger partial charge in [-0.25, -0.2) is 32.6 Å². The number of esters is 2. The van der Waals surface area contributed by atoms with Gasteiger partial charge in [-0.3, -0.25) is 0 Å². The van der Waals surface area contributed by atoms with E-state index in [0.717, 1.165) is 6.07 Å². The summed E-state index contributed by atoms with van der Waals surface area (Å²) in [5, 5.41) is 27.7. The number of hydrogen-bond acceptors (Lipinski definition) is 13. The third-order valence-electron chi connectivity index (χ3n) is 7.00. The van der Waals surface area contributed by atoms with Crippen molar-refractivity contribution >= 4 is 56.3 Å². The minimum Gasteiger partial charge on any atom is -0.478 e. The highest BCUT2D eigenvalue weighted by atomic mass is 35.5. The van der Waals surface area contributed by atoms with Gasteiger partial charge in [0.2, 0.25) is 10.0 Å². The number of rotatable bonds is 9. The van der Waals surface area contributed by atoms with Crippen molar-refractivity contribution in [2.75, 3.05) is 12.4 Å². The van der Waals surface area contributed by atoms with Crippen LogP contribution in [0, 0.1) is 0 Å². The Kier molecular flexibility index (Phi) is 10.9. The maximum atomic E-state index is 12.9. The van der Waals surface area contributed by atoms with Crippen LogP contribution >= 0.6 is 11.6 Å². The number of carbonyl (C=O) groups is 3. The molecule has 0 fully saturated rings. The zero-order chi connectivity index (χ0) is 35.3. The topological polar surface area (TPSA) is 226 Å². The highest BCUT2D eigenvalue weighted by Crippen LogP contribution is 2.41. The summed E-state index contributed by atoms with van der Waals surface area (Å²) in [5.41, 5.74) is 3.36. The number of aromatic nitrogens is 2. The first kappa shape index (κ1) is 35.7. The largest absolute Gasteiger partial charge is 0.478 e. The molecule has 3 heterocycles. The lowest BCUT2D eigenvalue weighted by Gasteiger charge is -2.30. The zero-order valence-electron chi connectivity index (χ0n) is 26.4. The Balaban J connectivity index is 0.000000224. The van der Waals surface area contributed by atoms with Gasteiger partial charge < -0.3 is 29.6 Å². The Morgan fingerprint density at radius 1 is 1.08 bits per heavy atom. The number of sulfonamides is 1. The van der Waals surface area contributed by atoms with E-state index in [1.54, 1.807) is 58.0 Å². The van der Waals surface area contributed by atoms with Crippen LogP contribution in [0.3, 0.4) is 0 Å². The molecule has 15 nitrogen and oxygen atoms in total. The van der Waals surface area contributed by atoms with E-state index in [2.05, 4.69) is 20.9 Å². The third kappa shape index (κ3) is 7.84. The predicted molar refractivity (Wildman–Crippen MR) is 172 cm³/mol. The van der Waals surface area contributed by atoms with Crippen LogP contribution in [0.1, 0.15) is 55.3 Å². The molecule has 1 aliphatic rings. The van der Waals surface area contributed by atoms with Gasteiger partial charge >= 0.3 is 17.9 Å². The van der Waals surface area contributed by atoms with Crippen molar-refractivity contribution in [3.8, 4) is 0 Å². The van der Waals surface area contributed by atoms with Crippen LogP contribution in [0.25, 0.3) is 11.0 Å². The van der Waals surface area contributed by atoms with Crippen LogP contribution < -0.4 is 15.8 Å². The summed E-state index contributed by atoms with van der Waals surface area (Å²) in [6, 6.07) is 10.8. The van der Waals surface area contributed by atoms with E-state index in [4.69, 9.17) is 40.4 Å². The lowest BCUT2D eigenvalue weighted by atomic mass is 9.80. The van der Waals surface area contributed by atoms with E-state index in [9.17, 15) is 22.8 Å². The van der Waals surface area contributed by atoms with Crippen molar-refractivity contribution in [1.29, 1.82) is 0 Å². The number of primary sulfonamides is 1. The number of hydrogen-bond donors (Lipinski definition) is 4. The fraction of sp³-hybridized carbons (Fsp3) is 0.258. The normalized spacial score (nSPS) is 14.7. The van der Waals surface area contributed by atoms with Crippen LogP contribution in [0.2, 0.25) is 5.02 Å². The molecule has 1 aliphatic heterocycles. The van der Waals surface area contributed by atoms with E-state index >= 15 is 0 Å². The molecule has 2 aromatic carbocycles. The number of allylic oxidation sites excluding steroid dienone is 2. The summed E-state index contributed by atoms with van der Waals surface area (Å²) in [4.78, 5) is 36.3. The molecule has 4 aromatic rings. The number of furan rings is 1. The Morgan fingerprint density at radius 2 is 1.77 bits per heavy atom. The van der Waals surface area contributed by atoms with Crippen molar-refractivity contribution in [2.45, 2.75) is 51.2 Å². The molecule has 0 bridgehead atoms. The van der Waals surface area contributed by atoms with Gasteiger partial charge in [0.25, 0.3) is 0 Å². The SMILES string of the molecule is COC(=O)C1=C(C)NC(C)=C(C(=O)OC(C)C)C1c1cccc2nonc12.NS(=O)(=O)c1cc(C(=O)O)c(NCc2ccco2)cc1Cl. The summed E-state index contributed by atoms with van der Waals surface area (Å²) >= 11 is 5.84. The monoisotopic (exact) mass is 701 g/mol. The number of carboxylic acid groups (broad SMARTS) is 1. The van der Waals surface area contributed by atoms with E-state index in [1.807, 2.05) is 0 Å². The van der Waals surface area contributed by atoms with Gasteiger partial charge in [-0.05, 0) is 73.9 Å². The molecule has 0 amide bonds. The molecule has 0 spiro atoms. The molecule has 2 aromatic heterocycles. The second kappa shape index (κ2) is 14.7. The van der Waals surface area contributed by atoms with Crippen LogP contribution in [0.15, 0.2) is 85.2 Å². The summed E-state index contributed by atoms with van der Waals surface area (Å²) in [5.74, 6) is -2.50. The summed E-state index contributed by atoms with van der Waals surface area (Å²) in [7, 11) is -2.81. The fourth-order valence-corrected chi connectivity index (χ4v) is 6.08. The summed E-state index contributed by atoms with van der Waals surface area (Å²) in [6.45, 7) is 7.28. The number of benzene rings is 2. The molecule has 0 radical (unpaired) electrons. The van der Waals surface area contributed by atoms with E-state index in [-0.39, 0.29) is 28.9 Å². The van der Waals surface area contributed by atoms with Gasteiger partial charge in [0.05, 0.1) is 59.4 Å². The molecule has 1 unspecified atom stereocenters. The number of carboxylic acids is 1. The van der Waals surface area contributed by atoms with E-state index < -0.39 is 38.7 Å². The average molecular weight is 702 g/mol. The maximum Gasteiger partial charge on any atom is 0.337 e. The van der Waals surface area contributed by atoms with Crippen molar-refractivity contribution in [2.24, 2.45) is 5.14 Å². The second-order valence-corrected chi connectivity index (χ2v) is 12.6. The average Bonchev–Trinajstić information content (AvgIpc) is 3.71. The number of nitrogens with zero attached hydrogens (tertiary/aromatic N) is 2. The summed E-state index contributed by atoms with van der Waals surface area (Å²) < 4.78 is 43.1. The van der Waals surface area contributed by atoms with Crippen LogP contribution in [0.5, 0.6) is 0 Å². The molecule has 254 valence electrons. The first-order valence-corrected chi connectivity index (χ1v) is 16.1. The van der Waals surface area contributed by atoms with Gasteiger partial charge in [0.15, 0.2) is 0 Å². The van der Waals surface area contributed by atoms with Crippen molar-refractivity contribution in [1.82, 2.24) is 15.6 Å². The molecule has 5 rings (SSSR count). The lowest BCUT2D eigenvalue weighted by molar-refractivity contribution is -0.143. The molecule has 48 heavy (non-hydrogen) atoms. The first-order chi connectivity index (χ1) is 22.6. The van der Waals surface area contributed by atoms with Crippen molar-refractivity contribution in [3.05, 3.63) is 93.2 Å². The van der Waals surface area contributed by atoms with Crippen molar-refractivity contribution < 1.29 is 46.4 Å². The van der Waals surface area contributed by atoms with Gasteiger partial charge in [-0.15, -0.1) is 0 Å². The number of carbonyl (C=O) groups excluding carboxylic acids is 2. The fourth-order valence-electron chi connectivity index (χ4n) is 4.98. The number of halogens is 1. The molecular weight excluding hydrogens is 670 g/mol. The van der Waals surface area contributed by atoms with E-state index in [0.29, 0.717) is 44.9 Å². The van der Waals surface area contributed by atoms with Crippen LogP contribution in [0.4, 0.5) is 5.69 Å². The Hall–Kier alpha value is -5.19. The number of dihydropyridines is 1. The van der Waals surface area contributed by atoms with Gasteiger partial charge in [0, 0.05) is 11.4 Å². The first-order valence-electron chi connectivity index (χ1n) is 14.2. The molecule has 17 heteroatoms. The van der Waals surface area contributed by atoms with Gasteiger partial charge in [-0.2, -0.15) is 0 Å². The van der Waals surface area contributed by atoms with E-state index in [1.165, 1.54) is 19.4 Å². The highest BCUT2D eigenvalue weighted by Gasteiger charge is 2.39. The maximum absolute atomic E-state index is 12.9. The molecule has 0 aliphatic carbocycles. The molecular formula is C31H32ClN5O10S. The Labute approximate surface area is 279 Å². The van der Waals surface area contributed by atoms with Gasteiger partial charge in [-0.1, -0.05) is 23.7 Å². The molecule has 5 N–H and O–H groups in total. The number of anilines is 1. The number of nitrogens with one attached hydrogen (secondary N) is 2. The number of nitrogens with two attached hydrogens (primary N) is 1. The van der Waals surface area contributed by atoms with Crippen molar-refractivity contribution in [3.63, 3.8) is 0 Å². The second-order valence-electron chi connectivity index (χ2n) is 10.7. The molecule has 0 saturated carbocycles. The quantitative estimate of drug-likeness (QED) is 0.177. The smallest absolute Gasteiger partial charge is 0.337 e. The summed E-state index contributed by atoms with van der Waals surface area (Å²) in [6.07, 6.45) is 1.17. The molecule has 0 saturated heterocycles. The number of aromatic carboxylic acids is 1. The highest BCUT2D eigenvalue weighted by molar-refractivity contribution is 7.89. The van der Waals surface area contributed by atoms with Gasteiger partial charge in [0.1, 0.15) is 21.7 Å². The third-order valence-corrected chi connectivity index (χ3v) is 8.37. The number of ether oxygens (including phenoxy) is 2. The lowest BCUT2D eigenvalue weighted by Crippen LogP contribution is -2.33. The van der Waals surface area contributed by atoms with Crippen LogP contribution in [-0.2, 0) is 35.6 Å². The number of fused-ring (bicyclic) bond motifs is 1. The predicted octanol–water partition coefficient (Wildman–Crippen LogP) is 4.47.